The Morgan fingerprint density at radius 2 is 1.35 bits per heavy atom. The average Bonchev–Trinajstić information content (AvgIpc) is 3.65. The van der Waals surface area contributed by atoms with Crippen molar-refractivity contribution >= 4 is 29.1 Å². The van der Waals surface area contributed by atoms with Gasteiger partial charge in [-0.25, -0.2) is 0 Å². The van der Waals surface area contributed by atoms with E-state index in [1.165, 1.54) is 93.1 Å². The molecule has 1 atom stereocenters. The molecule has 1 aromatic carbocycles. The molecule has 286 valence electrons. The molecule has 0 bridgehead atoms. The largest absolute Gasteiger partial charge is 0.426 e. The fourth-order valence-electron chi connectivity index (χ4n) is 7.35. The smallest absolute Gasteiger partial charge is 0.312 e. The van der Waals surface area contributed by atoms with E-state index >= 15 is 0 Å². The number of fused-ring (bicyclic) bond motifs is 1. The summed E-state index contributed by atoms with van der Waals surface area (Å²) in [5.41, 5.74) is 2.47. The van der Waals surface area contributed by atoms with Gasteiger partial charge in [-0.1, -0.05) is 109 Å². The average molecular weight is 724 g/mol. The lowest BCUT2D eigenvalue weighted by molar-refractivity contribution is -0.134. The Kier molecular flexibility index (Phi) is 22.6. The van der Waals surface area contributed by atoms with Gasteiger partial charge in [-0.3, -0.25) is 19.3 Å². The van der Waals surface area contributed by atoms with Gasteiger partial charge in [0.15, 0.2) is 0 Å². The molecule has 1 heterocycles. The maximum Gasteiger partial charge on any atom is 0.312 e. The first-order valence-electron chi connectivity index (χ1n) is 20.6. The molecular weight excluding hydrogens is 655 g/mol. The summed E-state index contributed by atoms with van der Waals surface area (Å²) in [5, 5.41) is 7.94. The third-order valence-corrected chi connectivity index (χ3v) is 11.2. The minimum absolute atomic E-state index is 0.0287. The highest BCUT2D eigenvalue weighted by molar-refractivity contribution is 7.09. The molecule has 2 N–H and O–H groups in total. The van der Waals surface area contributed by atoms with Gasteiger partial charge >= 0.3 is 5.97 Å². The Morgan fingerprint density at radius 3 is 1.92 bits per heavy atom. The second kappa shape index (κ2) is 27.0. The predicted octanol–water partition coefficient (Wildman–Crippen LogP) is 9.74. The van der Waals surface area contributed by atoms with E-state index in [0.717, 1.165) is 71.0 Å². The molecular formula is C43H69N3O4S. The van der Waals surface area contributed by atoms with Crippen molar-refractivity contribution in [1.82, 2.24) is 15.5 Å². The van der Waals surface area contributed by atoms with E-state index in [4.69, 9.17) is 4.74 Å². The lowest BCUT2D eigenvalue weighted by atomic mass is 9.86. The van der Waals surface area contributed by atoms with Crippen LogP contribution in [-0.4, -0.2) is 54.9 Å². The zero-order chi connectivity index (χ0) is 36.4. The van der Waals surface area contributed by atoms with Gasteiger partial charge in [-0.05, 0) is 87.1 Å². The highest BCUT2D eigenvalue weighted by atomic mass is 32.1. The SMILES string of the molecule is CCCN(CCc1cccs1)[C@@H]1CCc2c(cccc2OC(=O)CCNC(=O)CCCCCCCCCCCCCCCCCC(=O)NCC)C1. The van der Waals surface area contributed by atoms with Crippen LogP contribution in [0, 0.1) is 0 Å². The number of nitrogens with zero attached hydrogens (tertiary/aromatic N) is 1. The highest BCUT2D eigenvalue weighted by Crippen LogP contribution is 2.32. The van der Waals surface area contributed by atoms with Gasteiger partial charge in [0.25, 0.3) is 0 Å². The molecule has 0 aliphatic heterocycles. The Bertz CT molecular complexity index is 1230. The van der Waals surface area contributed by atoms with E-state index in [1.807, 2.05) is 30.4 Å². The van der Waals surface area contributed by atoms with Crippen LogP contribution in [0.1, 0.15) is 158 Å². The molecule has 3 rings (SSSR count). The molecule has 0 saturated heterocycles. The highest BCUT2D eigenvalue weighted by Gasteiger charge is 2.26. The molecule has 0 saturated carbocycles. The molecule has 51 heavy (non-hydrogen) atoms. The molecule has 0 spiro atoms. The van der Waals surface area contributed by atoms with Crippen LogP contribution in [0.4, 0.5) is 0 Å². The lowest BCUT2D eigenvalue weighted by Crippen LogP contribution is -2.41. The van der Waals surface area contributed by atoms with Crippen LogP contribution < -0.4 is 15.4 Å². The van der Waals surface area contributed by atoms with E-state index in [9.17, 15) is 14.4 Å². The second-order valence-corrected chi connectivity index (χ2v) is 15.5. The third kappa shape index (κ3) is 18.6. The normalized spacial score (nSPS) is 14.0. The molecule has 7 nitrogen and oxygen atoms in total. The van der Waals surface area contributed by atoms with Gasteiger partial charge < -0.3 is 15.4 Å². The van der Waals surface area contributed by atoms with E-state index < -0.39 is 0 Å². The van der Waals surface area contributed by atoms with Crippen LogP contribution in [-0.2, 0) is 33.6 Å². The van der Waals surface area contributed by atoms with Crippen molar-refractivity contribution in [3.05, 3.63) is 51.7 Å². The van der Waals surface area contributed by atoms with Crippen LogP contribution in [0.15, 0.2) is 35.7 Å². The van der Waals surface area contributed by atoms with Gasteiger partial charge in [0.05, 0.1) is 6.42 Å². The first-order chi connectivity index (χ1) is 25.0. The number of carbonyl (C=O) groups is 3. The second-order valence-electron chi connectivity index (χ2n) is 14.5. The van der Waals surface area contributed by atoms with Crippen LogP contribution in [0.2, 0.25) is 0 Å². The van der Waals surface area contributed by atoms with Crippen LogP contribution in [0.5, 0.6) is 5.75 Å². The summed E-state index contributed by atoms with van der Waals surface area (Å²) >= 11 is 1.84. The van der Waals surface area contributed by atoms with Gasteiger partial charge in [0, 0.05) is 43.4 Å². The van der Waals surface area contributed by atoms with Crippen LogP contribution in [0.3, 0.4) is 0 Å². The Labute approximate surface area is 314 Å². The fourth-order valence-corrected chi connectivity index (χ4v) is 8.05. The van der Waals surface area contributed by atoms with Crippen LogP contribution in [0.25, 0.3) is 0 Å². The number of esters is 1. The van der Waals surface area contributed by atoms with E-state index in [1.54, 1.807) is 0 Å². The van der Waals surface area contributed by atoms with E-state index in [2.05, 4.69) is 46.0 Å². The molecule has 2 aromatic rings. The molecule has 8 heteroatoms. The van der Waals surface area contributed by atoms with Gasteiger partial charge in [0.2, 0.25) is 11.8 Å². The topological polar surface area (TPSA) is 87.7 Å². The minimum atomic E-state index is -0.282. The van der Waals surface area contributed by atoms with Crippen molar-refractivity contribution in [3.63, 3.8) is 0 Å². The van der Waals surface area contributed by atoms with Crippen molar-refractivity contribution in [2.24, 2.45) is 0 Å². The Balaban J connectivity index is 1.15. The summed E-state index contributed by atoms with van der Waals surface area (Å²) in [6.07, 6.45) is 25.1. The molecule has 2 amide bonds. The first-order valence-corrected chi connectivity index (χ1v) is 21.5. The Morgan fingerprint density at radius 1 is 0.745 bits per heavy atom. The van der Waals surface area contributed by atoms with Crippen molar-refractivity contribution in [2.75, 3.05) is 26.2 Å². The first kappa shape index (κ1) is 42.7. The third-order valence-electron chi connectivity index (χ3n) is 10.2. The number of ether oxygens (including phenoxy) is 1. The zero-order valence-electron chi connectivity index (χ0n) is 32.1. The summed E-state index contributed by atoms with van der Waals surface area (Å²) in [7, 11) is 0. The number of benzene rings is 1. The number of amides is 2. The fraction of sp³-hybridized carbons (Fsp3) is 0.698. The molecule has 0 radical (unpaired) electrons. The van der Waals surface area contributed by atoms with Crippen LogP contribution >= 0.6 is 11.3 Å². The number of unbranched alkanes of at least 4 members (excludes halogenated alkanes) is 14. The molecule has 1 aliphatic rings. The maximum absolute atomic E-state index is 12.7. The summed E-state index contributed by atoms with van der Waals surface area (Å²) in [6, 6.07) is 11.0. The van der Waals surface area contributed by atoms with Gasteiger partial charge in [-0.15, -0.1) is 11.3 Å². The number of hydrogen-bond acceptors (Lipinski definition) is 6. The molecule has 0 unspecified atom stereocenters. The van der Waals surface area contributed by atoms with E-state index in [0.29, 0.717) is 31.2 Å². The quantitative estimate of drug-likeness (QED) is 0.0496. The standard InChI is InChI=1S/C43H69N3O4S/c1-3-32-46(33-30-38-23-21-34-51-38)37-27-28-39-36(35-37)22-20-24-40(39)50-43(49)29-31-45-42(48)26-19-17-15-13-11-9-7-5-6-8-10-12-14-16-18-25-41(47)44-4-2/h20-24,34,37H,3-19,25-33,35H2,1-2H3,(H,44,47)(H,45,48)/t37-/m1/s1. The number of carbonyl (C=O) groups excluding carboxylic acids is 3. The Hall–Kier alpha value is -2.71. The monoisotopic (exact) mass is 724 g/mol. The zero-order valence-corrected chi connectivity index (χ0v) is 32.9. The number of rotatable bonds is 29. The van der Waals surface area contributed by atoms with Crippen molar-refractivity contribution in [2.45, 2.75) is 168 Å². The molecule has 0 fully saturated rings. The molecule has 1 aliphatic carbocycles. The number of thiophene rings is 1. The van der Waals surface area contributed by atoms with E-state index in [-0.39, 0.29) is 24.2 Å². The van der Waals surface area contributed by atoms with Crippen molar-refractivity contribution < 1.29 is 19.1 Å². The minimum Gasteiger partial charge on any atom is -0.426 e. The summed E-state index contributed by atoms with van der Waals surface area (Å²) < 4.78 is 5.83. The summed E-state index contributed by atoms with van der Waals surface area (Å²) in [4.78, 5) is 40.6. The number of hydrogen-bond donors (Lipinski definition) is 2. The van der Waals surface area contributed by atoms with Crippen molar-refractivity contribution in [3.8, 4) is 5.75 Å². The van der Waals surface area contributed by atoms with Gasteiger partial charge in [-0.2, -0.15) is 0 Å². The number of nitrogens with one attached hydrogen (secondary N) is 2. The summed E-state index contributed by atoms with van der Waals surface area (Å²) in [5.74, 6) is 0.631. The van der Waals surface area contributed by atoms with Crippen molar-refractivity contribution in [1.29, 1.82) is 0 Å². The molecule has 1 aromatic heterocycles. The summed E-state index contributed by atoms with van der Waals surface area (Å²) in [6.45, 7) is 7.47. The van der Waals surface area contributed by atoms with Gasteiger partial charge in [0.1, 0.15) is 5.75 Å². The lowest BCUT2D eigenvalue weighted by Gasteiger charge is -2.35. The maximum atomic E-state index is 12.7. The predicted molar refractivity (Wildman–Crippen MR) is 213 cm³/mol.